The summed E-state index contributed by atoms with van der Waals surface area (Å²) in [7, 11) is 0. The van der Waals surface area contributed by atoms with E-state index in [2.05, 4.69) is 25.6 Å². The molecule has 0 N–H and O–H groups in total. The van der Waals surface area contributed by atoms with E-state index in [1.165, 1.54) is 0 Å². The number of allylic oxidation sites excluding steroid dienone is 2. The molecule has 2 atom stereocenters. The third kappa shape index (κ3) is 3.76. The summed E-state index contributed by atoms with van der Waals surface area (Å²) in [4.78, 5) is 25.2. The van der Waals surface area contributed by atoms with Crippen LogP contribution in [-0.4, -0.2) is 17.5 Å². The summed E-state index contributed by atoms with van der Waals surface area (Å²) >= 11 is 0. The van der Waals surface area contributed by atoms with Crippen LogP contribution < -0.4 is 0 Å². The molecule has 0 aliphatic heterocycles. The highest BCUT2D eigenvalue weighted by molar-refractivity contribution is 5.90. The smallest absolute Gasteiger partial charge is 0.334 e. The van der Waals surface area contributed by atoms with E-state index in [-0.39, 0.29) is 17.5 Å². The Balaban J connectivity index is 1.59. The van der Waals surface area contributed by atoms with Gasteiger partial charge in [0.15, 0.2) is 6.10 Å². The van der Waals surface area contributed by atoms with Crippen LogP contribution in [0.2, 0.25) is 0 Å². The zero-order chi connectivity index (χ0) is 21.3. The van der Waals surface area contributed by atoms with Crippen LogP contribution in [-0.2, 0) is 19.1 Å². The van der Waals surface area contributed by atoms with Gasteiger partial charge in [0.1, 0.15) is 5.60 Å². The topological polar surface area (TPSA) is 52.6 Å². The fourth-order valence-corrected chi connectivity index (χ4v) is 5.10. The number of benzene rings is 1. The van der Waals surface area contributed by atoms with Crippen molar-refractivity contribution in [1.82, 2.24) is 0 Å². The summed E-state index contributed by atoms with van der Waals surface area (Å²) in [6.07, 6.45) is 9.87. The van der Waals surface area contributed by atoms with Crippen LogP contribution in [0.25, 0.3) is 5.57 Å². The molecule has 0 saturated heterocycles. The van der Waals surface area contributed by atoms with E-state index in [1.807, 2.05) is 24.3 Å². The first kappa shape index (κ1) is 20.6. The van der Waals surface area contributed by atoms with Gasteiger partial charge in [-0.05, 0) is 62.5 Å². The molecule has 4 heteroatoms. The van der Waals surface area contributed by atoms with E-state index in [0.29, 0.717) is 12.0 Å². The maximum absolute atomic E-state index is 12.9. The van der Waals surface area contributed by atoms with Gasteiger partial charge in [-0.15, -0.1) is 0 Å². The Labute approximate surface area is 178 Å². The third-order valence-corrected chi connectivity index (χ3v) is 6.73. The zero-order valence-corrected chi connectivity index (χ0v) is 17.9. The lowest BCUT2D eigenvalue weighted by atomic mass is 9.83. The van der Waals surface area contributed by atoms with Gasteiger partial charge >= 0.3 is 11.9 Å². The number of hydrogen-bond donors (Lipinski definition) is 0. The molecule has 3 aliphatic rings. The molecule has 1 saturated carbocycles. The van der Waals surface area contributed by atoms with Crippen LogP contribution in [0.1, 0.15) is 76.0 Å². The minimum Gasteiger partial charge on any atom is -0.459 e. The summed E-state index contributed by atoms with van der Waals surface area (Å²) in [6, 6.07) is 8.00. The highest BCUT2D eigenvalue weighted by atomic mass is 16.6. The van der Waals surface area contributed by atoms with Crippen LogP contribution in [0.4, 0.5) is 0 Å². The summed E-state index contributed by atoms with van der Waals surface area (Å²) in [5.74, 6) is -0.488. The van der Waals surface area contributed by atoms with Gasteiger partial charge in [-0.3, -0.25) is 4.79 Å². The molecule has 0 radical (unpaired) electrons. The second-order valence-electron chi connectivity index (χ2n) is 8.78. The molecule has 4 nitrogen and oxygen atoms in total. The highest BCUT2D eigenvalue weighted by Crippen LogP contribution is 2.50. The Bertz CT molecular complexity index is 930. The first-order valence-corrected chi connectivity index (χ1v) is 11.0. The van der Waals surface area contributed by atoms with E-state index < -0.39 is 12.1 Å². The molecule has 0 amide bonds. The maximum Gasteiger partial charge on any atom is 0.334 e. The van der Waals surface area contributed by atoms with Gasteiger partial charge in [-0.2, -0.15) is 0 Å². The van der Waals surface area contributed by atoms with Gasteiger partial charge in [0, 0.05) is 16.7 Å². The largest absolute Gasteiger partial charge is 0.459 e. The average molecular weight is 407 g/mol. The quantitative estimate of drug-likeness (QED) is 0.439. The molecule has 2 unspecified atom stereocenters. The number of esters is 2. The maximum atomic E-state index is 12.9. The number of rotatable bonds is 6. The van der Waals surface area contributed by atoms with Crippen LogP contribution in [0.15, 0.2) is 54.1 Å². The van der Waals surface area contributed by atoms with Crippen molar-refractivity contribution in [2.45, 2.75) is 70.5 Å². The van der Waals surface area contributed by atoms with Crippen LogP contribution in [0, 0.1) is 5.92 Å². The van der Waals surface area contributed by atoms with Gasteiger partial charge in [-0.25, -0.2) is 4.79 Å². The monoisotopic (exact) mass is 406 g/mol. The Morgan fingerprint density at radius 3 is 2.63 bits per heavy atom. The van der Waals surface area contributed by atoms with Crippen molar-refractivity contribution in [2.75, 3.05) is 0 Å². The van der Waals surface area contributed by atoms with E-state index in [4.69, 9.17) is 9.47 Å². The second-order valence-corrected chi connectivity index (χ2v) is 8.78. The van der Waals surface area contributed by atoms with Crippen molar-refractivity contribution >= 4 is 17.5 Å². The summed E-state index contributed by atoms with van der Waals surface area (Å²) in [6.45, 7) is 7.47. The molecule has 1 fully saturated rings. The van der Waals surface area contributed by atoms with Crippen LogP contribution in [0.3, 0.4) is 0 Å². The Kier molecular flexibility index (Phi) is 5.68. The standard InChI is InChI=1S/C26H30O4/c1-4-26(14-7-8-15-26)30-22(27)16-18-10-9-13-21-23(18)19-11-5-6-12-20(19)24(21)29-25(28)17(2)3/h5-6,9,11-13,18,24H,2,4,7-8,10,14-16H2,1,3H3. The van der Waals surface area contributed by atoms with Gasteiger partial charge in [0.25, 0.3) is 0 Å². The van der Waals surface area contributed by atoms with Crippen molar-refractivity contribution < 1.29 is 19.1 Å². The molecule has 158 valence electrons. The summed E-state index contributed by atoms with van der Waals surface area (Å²) in [5.41, 5.74) is 4.24. The molecular formula is C26H30O4. The second kappa shape index (κ2) is 8.25. The van der Waals surface area contributed by atoms with Crippen LogP contribution >= 0.6 is 0 Å². The number of ether oxygens (including phenoxy) is 2. The van der Waals surface area contributed by atoms with Gasteiger partial charge in [-0.1, -0.05) is 49.9 Å². The SMILES string of the molecule is C=C(C)C(=O)OC1C2=C(c3ccccc31)C(CC(=O)OC1(CC)CCCC1)CC=C2. The molecule has 3 aliphatic carbocycles. The normalized spacial score (nSPS) is 23.7. The van der Waals surface area contributed by atoms with Gasteiger partial charge in [0.2, 0.25) is 0 Å². The first-order valence-electron chi connectivity index (χ1n) is 11.0. The molecule has 30 heavy (non-hydrogen) atoms. The van der Waals surface area contributed by atoms with Gasteiger partial charge in [0.05, 0.1) is 6.42 Å². The lowest BCUT2D eigenvalue weighted by Gasteiger charge is -2.29. The number of carbonyl (C=O) groups excluding carboxylic acids is 2. The van der Waals surface area contributed by atoms with Crippen molar-refractivity contribution in [2.24, 2.45) is 5.92 Å². The Morgan fingerprint density at radius 2 is 1.93 bits per heavy atom. The van der Waals surface area contributed by atoms with Crippen molar-refractivity contribution in [3.63, 3.8) is 0 Å². The van der Waals surface area contributed by atoms with E-state index in [9.17, 15) is 9.59 Å². The molecule has 4 rings (SSSR count). The Morgan fingerprint density at radius 1 is 1.20 bits per heavy atom. The van der Waals surface area contributed by atoms with E-state index >= 15 is 0 Å². The number of fused-ring (bicyclic) bond motifs is 2. The molecule has 0 heterocycles. The van der Waals surface area contributed by atoms with E-state index in [0.717, 1.165) is 60.8 Å². The minimum absolute atomic E-state index is 0.0301. The summed E-state index contributed by atoms with van der Waals surface area (Å²) < 4.78 is 11.8. The minimum atomic E-state index is -0.452. The van der Waals surface area contributed by atoms with Crippen molar-refractivity contribution in [3.8, 4) is 0 Å². The lowest BCUT2D eigenvalue weighted by Crippen LogP contribution is -2.32. The molecular weight excluding hydrogens is 376 g/mol. The van der Waals surface area contributed by atoms with Crippen molar-refractivity contribution in [1.29, 1.82) is 0 Å². The fraction of sp³-hybridized carbons (Fsp3) is 0.462. The van der Waals surface area contributed by atoms with Crippen molar-refractivity contribution in [3.05, 3.63) is 65.3 Å². The molecule has 0 spiro atoms. The Hall–Kier alpha value is -2.62. The fourth-order valence-electron chi connectivity index (χ4n) is 5.10. The molecule has 0 aromatic heterocycles. The highest BCUT2D eigenvalue weighted by Gasteiger charge is 2.40. The average Bonchev–Trinajstić information content (AvgIpc) is 3.32. The zero-order valence-electron chi connectivity index (χ0n) is 17.9. The number of carbonyl (C=O) groups is 2. The van der Waals surface area contributed by atoms with E-state index in [1.54, 1.807) is 6.92 Å². The molecule has 0 bridgehead atoms. The first-order chi connectivity index (χ1) is 14.4. The lowest BCUT2D eigenvalue weighted by molar-refractivity contribution is -0.160. The summed E-state index contributed by atoms with van der Waals surface area (Å²) in [5, 5.41) is 0. The molecule has 1 aromatic carbocycles. The molecule has 1 aromatic rings. The third-order valence-electron chi connectivity index (χ3n) is 6.73. The predicted octanol–water partition coefficient (Wildman–Crippen LogP) is 5.85. The predicted molar refractivity (Wildman–Crippen MR) is 116 cm³/mol. The van der Waals surface area contributed by atoms with Gasteiger partial charge < -0.3 is 9.47 Å². The van der Waals surface area contributed by atoms with Crippen LogP contribution in [0.5, 0.6) is 0 Å². The number of hydrogen-bond acceptors (Lipinski definition) is 4.